The summed E-state index contributed by atoms with van der Waals surface area (Å²) < 4.78 is 6.26. The summed E-state index contributed by atoms with van der Waals surface area (Å²) in [5.41, 5.74) is 1.61. The number of nitrogens with one attached hydrogen (secondary N) is 1. The van der Waals surface area contributed by atoms with Crippen molar-refractivity contribution in [3.05, 3.63) is 18.5 Å². The van der Waals surface area contributed by atoms with Gasteiger partial charge in [-0.25, -0.2) is 9.50 Å². The largest absolute Gasteiger partial charge is 0.357 e. The minimum absolute atomic E-state index is 0.218. The SMILES string of the molecule is CC[C@H]1CCCN1c1ccn2ncc(NCOCl)c2n1. The molecule has 20 heavy (non-hydrogen) atoms. The van der Waals surface area contributed by atoms with Gasteiger partial charge in [-0.05, 0) is 25.3 Å². The van der Waals surface area contributed by atoms with E-state index >= 15 is 0 Å². The van der Waals surface area contributed by atoms with Crippen molar-refractivity contribution < 1.29 is 4.29 Å². The molecular formula is C13H18ClN5O. The van der Waals surface area contributed by atoms with E-state index in [1.165, 1.54) is 12.8 Å². The maximum atomic E-state index is 5.22. The Bertz CT molecular complexity index is 587. The van der Waals surface area contributed by atoms with Gasteiger partial charge in [0.15, 0.2) is 5.65 Å². The molecule has 0 radical (unpaired) electrons. The third-order valence-corrected chi connectivity index (χ3v) is 3.92. The Balaban J connectivity index is 1.92. The highest BCUT2D eigenvalue weighted by atomic mass is 35.5. The highest BCUT2D eigenvalue weighted by Gasteiger charge is 2.24. The molecule has 1 fully saturated rings. The van der Waals surface area contributed by atoms with Gasteiger partial charge in [0.2, 0.25) is 0 Å². The molecule has 1 atom stereocenters. The summed E-state index contributed by atoms with van der Waals surface area (Å²) in [5, 5.41) is 7.29. The van der Waals surface area contributed by atoms with Gasteiger partial charge in [0.05, 0.1) is 18.1 Å². The lowest BCUT2D eigenvalue weighted by Gasteiger charge is -2.24. The van der Waals surface area contributed by atoms with Crippen LogP contribution in [0.15, 0.2) is 18.5 Å². The van der Waals surface area contributed by atoms with Gasteiger partial charge < -0.3 is 10.2 Å². The van der Waals surface area contributed by atoms with Crippen molar-refractivity contribution in [3.8, 4) is 0 Å². The first kappa shape index (κ1) is 13.5. The van der Waals surface area contributed by atoms with Crippen molar-refractivity contribution in [1.82, 2.24) is 14.6 Å². The van der Waals surface area contributed by atoms with Crippen LogP contribution in [-0.4, -0.2) is 33.9 Å². The summed E-state index contributed by atoms with van der Waals surface area (Å²) in [7, 11) is 0. The number of aromatic nitrogens is 3. The molecule has 0 aromatic carbocycles. The second kappa shape index (κ2) is 5.85. The Morgan fingerprint density at radius 1 is 1.55 bits per heavy atom. The lowest BCUT2D eigenvalue weighted by atomic mass is 10.2. The maximum absolute atomic E-state index is 5.22. The fourth-order valence-corrected chi connectivity index (χ4v) is 2.87. The lowest BCUT2D eigenvalue weighted by Crippen LogP contribution is -2.29. The molecule has 1 aliphatic rings. The van der Waals surface area contributed by atoms with E-state index in [2.05, 4.69) is 26.5 Å². The van der Waals surface area contributed by atoms with E-state index in [1.807, 2.05) is 12.3 Å². The fraction of sp³-hybridized carbons (Fsp3) is 0.538. The van der Waals surface area contributed by atoms with E-state index in [-0.39, 0.29) is 6.73 Å². The average Bonchev–Trinajstić information content (AvgIpc) is 3.11. The molecule has 2 aromatic rings. The Hall–Kier alpha value is -1.53. The molecule has 0 spiro atoms. The molecule has 1 N–H and O–H groups in total. The van der Waals surface area contributed by atoms with Crippen molar-refractivity contribution in [1.29, 1.82) is 0 Å². The van der Waals surface area contributed by atoms with Crippen LogP contribution in [0.25, 0.3) is 5.65 Å². The number of nitrogens with zero attached hydrogens (tertiary/aromatic N) is 4. The van der Waals surface area contributed by atoms with Gasteiger partial charge in [0, 0.05) is 18.8 Å². The van der Waals surface area contributed by atoms with Crippen molar-refractivity contribution in [3.63, 3.8) is 0 Å². The summed E-state index contributed by atoms with van der Waals surface area (Å²) >= 11 is 5.22. The van der Waals surface area contributed by atoms with Crippen LogP contribution in [0, 0.1) is 0 Å². The van der Waals surface area contributed by atoms with Gasteiger partial charge in [-0.1, -0.05) is 6.92 Å². The van der Waals surface area contributed by atoms with Crippen LogP contribution in [-0.2, 0) is 4.29 Å². The van der Waals surface area contributed by atoms with Gasteiger partial charge in [-0.15, -0.1) is 0 Å². The van der Waals surface area contributed by atoms with Gasteiger partial charge in [0.1, 0.15) is 18.2 Å². The van der Waals surface area contributed by atoms with Crippen LogP contribution in [0.5, 0.6) is 0 Å². The maximum Gasteiger partial charge on any atom is 0.180 e. The Morgan fingerprint density at radius 2 is 2.45 bits per heavy atom. The van der Waals surface area contributed by atoms with Crippen molar-refractivity contribution in [2.75, 3.05) is 23.5 Å². The number of rotatable bonds is 5. The zero-order chi connectivity index (χ0) is 13.9. The molecule has 1 saturated heterocycles. The van der Waals surface area contributed by atoms with Gasteiger partial charge in [0.25, 0.3) is 0 Å². The first-order chi connectivity index (χ1) is 9.83. The summed E-state index contributed by atoms with van der Waals surface area (Å²) in [6.45, 7) is 3.52. The molecule has 3 heterocycles. The summed E-state index contributed by atoms with van der Waals surface area (Å²) in [5.74, 6) is 1.01. The van der Waals surface area contributed by atoms with E-state index in [0.717, 1.165) is 30.1 Å². The van der Waals surface area contributed by atoms with E-state index in [0.29, 0.717) is 6.04 Å². The van der Waals surface area contributed by atoms with Crippen LogP contribution < -0.4 is 10.2 Å². The van der Waals surface area contributed by atoms with Crippen LogP contribution in [0.3, 0.4) is 0 Å². The van der Waals surface area contributed by atoms with Crippen molar-refractivity contribution in [2.45, 2.75) is 32.2 Å². The first-order valence-corrected chi connectivity index (χ1v) is 7.22. The topological polar surface area (TPSA) is 54.7 Å². The third kappa shape index (κ3) is 2.41. The fourth-order valence-electron chi connectivity index (χ4n) is 2.81. The molecule has 0 aliphatic carbocycles. The number of halogens is 1. The molecule has 0 saturated carbocycles. The Labute approximate surface area is 122 Å². The van der Waals surface area contributed by atoms with Crippen LogP contribution in [0.1, 0.15) is 26.2 Å². The number of fused-ring (bicyclic) bond motifs is 1. The van der Waals surface area contributed by atoms with E-state index in [9.17, 15) is 0 Å². The molecule has 6 nitrogen and oxygen atoms in total. The lowest BCUT2D eigenvalue weighted by molar-refractivity contribution is 0.385. The minimum atomic E-state index is 0.218. The number of hydrogen-bond acceptors (Lipinski definition) is 5. The average molecular weight is 296 g/mol. The predicted molar refractivity (Wildman–Crippen MR) is 79.1 cm³/mol. The van der Waals surface area contributed by atoms with Gasteiger partial charge in [-0.3, -0.25) is 4.29 Å². The molecule has 0 amide bonds. The van der Waals surface area contributed by atoms with Gasteiger partial charge >= 0.3 is 0 Å². The summed E-state index contributed by atoms with van der Waals surface area (Å²) in [6, 6.07) is 2.62. The molecule has 0 unspecified atom stereocenters. The molecule has 108 valence electrons. The molecule has 1 aliphatic heterocycles. The Kier molecular flexibility index (Phi) is 3.93. The van der Waals surface area contributed by atoms with Crippen LogP contribution >= 0.6 is 11.9 Å². The minimum Gasteiger partial charge on any atom is -0.357 e. The highest BCUT2D eigenvalue weighted by molar-refractivity contribution is 6.07. The second-order valence-corrected chi connectivity index (χ2v) is 5.16. The first-order valence-electron chi connectivity index (χ1n) is 6.92. The van der Waals surface area contributed by atoms with E-state index < -0.39 is 0 Å². The zero-order valence-corrected chi connectivity index (χ0v) is 12.2. The molecular weight excluding hydrogens is 278 g/mol. The molecule has 2 aromatic heterocycles. The second-order valence-electron chi connectivity index (χ2n) is 4.94. The zero-order valence-electron chi connectivity index (χ0n) is 11.4. The standard InChI is InChI=1S/C13H18ClN5O/c1-2-10-4-3-6-18(10)12-5-7-19-13(17-12)11(8-16-19)15-9-20-14/h5,7-8,10,15H,2-4,6,9H2,1H3/t10-/m0/s1. The van der Waals surface area contributed by atoms with Crippen molar-refractivity contribution >= 4 is 29.0 Å². The van der Waals surface area contributed by atoms with Crippen LogP contribution in [0.4, 0.5) is 11.5 Å². The van der Waals surface area contributed by atoms with E-state index in [1.54, 1.807) is 10.7 Å². The number of anilines is 2. The van der Waals surface area contributed by atoms with E-state index in [4.69, 9.17) is 16.9 Å². The third-order valence-electron chi connectivity index (χ3n) is 3.81. The molecule has 0 bridgehead atoms. The molecule has 7 heteroatoms. The normalized spacial score (nSPS) is 18.9. The summed E-state index contributed by atoms with van der Waals surface area (Å²) in [4.78, 5) is 7.12. The smallest absolute Gasteiger partial charge is 0.180 e. The molecule has 3 rings (SSSR count). The van der Waals surface area contributed by atoms with Gasteiger partial charge in [-0.2, -0.15) is 5.10 Å². The Morgan fingerprint density at radius 3 is 3.25 bits per heavy atom. The monoisotopic (exact) mass is 295 g/mol. The highest BCUT2D eigenvalue weighted by Crippen LogP contribution is 2.27. The number of hydrogen-bond donors (Lipinski definition) is 1. The quantitative estimate of drug-likeness (QED) is 0.860. The van der Waals surface area contributed by atoms with Crippen molar-refractivity contribution in [2.24, 2.45) is 0 Å². The van der Waals surface area contributed by atoms with Crippen LogP contribution in [0.2, 0.25) is 0 Å². The summed E-state index contributed by atoms with van der Waals surface area (Å²) in [6.07, 6.45) is 7.29. The predicted octanol–water partition coefficient (Wildman–Crippen LogP) is 2.65.